The van der Waals surface area contributed by atoms with E-state index in [1.165, 1.54) is 10.6 Å². The molecular formula is C19H28N4O5S2. The van der Waals surface area contributed by atoms with Crippen LogP contribution in [0, 0.1) is 0 Å². The minimum absolute atomic E-state index is 0.0702. The van der Waals surface area contributed by atoms with Gasteiger partial charge in [-0.3, -0.25) is 14.5 Å². The van der Waals surface area contributed by atoms with Crippen molar-refractivity contribution in [2.45, 2.75) is 49.5 Å². The lowest BCUT2D eigenvalue weighted by Crippen LogP contribution is -2.49. The summed E-state index contributed by atoms with van der Waals surface area (Å²) in [5.41, 5.74) is 0.590. The third-order valence-corrected chi connectivity index (χ3v) is 7.88. The maximum absolute atomic E-state index is 12.1. The molecule has 1 aromatic rings. The average Bonchev–Trinajstić information content (AvgIpc) is 2.95. The maximum atomic E-state index is 12.1. The second kappa shape index (κ2) is 9.44. The molecule has 1 fully saturated rings. The lowest BCUT2D eigenvalue weighted by atomic mass is 10.1. The van der Waals surface area contributed by atoms with Gasteiger partial charge < -0.3 is 5.32 Å². The highest BCUT2D eigenvalue weighted by atomic mass is 32.2. The zero-order valence-corrected chi connectivity index (χ0v) is 18.6. The largest absolute Gasteiger partial charge is 0.352 e. The van der Waals surface area contributed by atoms with Crippen molar-refractivity contribution in [3.05, 3.63) is 29.8 Å². The van der Waals surface area contributed by atoms with Gasteiger partial charge in [0.25, 0.3) is 10.0 Å². The van der Waals surface area contributed by atoms with Gasteiger partial charge in [0.1, 0.15) is 5.84 Å². The Morgan fingerprint density at radius 1 is 1.27 bits per heavy atom. The Balaban J connectivity index is 1.37. The number of unbranched alkanes of at least 4 members (excludes halogenated alkanes) is 2. The molecule has 1 atom stereocenters. The highest BCUT2D eigenvalue weighted by Gasteiger charge is 2.30. The molecule has 30 heavy (non-hydrogen) atoms. The number of hydrogen-bond acceptors (Lipinski definition) is 6. The summed E-state index contributed by atoms with van der Waals surface area (Å²) in [5, 5.41) is 2.93. The van der Waals surface area contributed by atoms with E-state index in [1.807, 2.05) is 0 Å². The predicted octanol–water partition coefficient (Wildman–Crippen LogP) is 0.826. The molecule has 0 aliphatic carbocycles. The van der Waals surface area contributed by atoms with Gasteiger partial charge in [0.05, 0.1) is 11.2 Å². The molecule has 0 saturated carbocycles. The topological polar surface area (TPSA) is 125 Å². The normalized spacial score (nSPS) is 22.4. The molecule has 3 rings (SSSR count). The van der Waals surface area contributed by atoms with Gasteiger partial charge in [0.15, 0.2) is 0 Å². The molecule has 11 heteroatoms. The second-order valence-corrected chi connectivity index (χ2v) is 11.3. The standard InChI is InChI=1S/C19H28N4O5S2/c1-29(25,26)23-13-7-8-15(14-23)21-18(24)11-3-2-6-12-20-19-16-9-4-5-10-17(16)30(27,28)22-19/h4-5,9-10,15H,2-3,6-8,11-14H2,1H3,(H,20,22)(H,21,24). The Bertz CT molecular complexity index is 1020. The predicted molar refractivity (Wildman–Crippen MR) is 114 cm³/mol. The van der Waals surface area contributed by atoms with E-state index in [2.05, 4.69) is 15.0 Å². The van der Waals surface area contributed by atoms with Crippen LogP contribution in [0.25, 0.3) is 0 Å². The number of nitrogens with one attached hydrogen (secondary N) is 2. The minimum Gasteiger partial charge on any atom is -0.352 e. The van der Waals surface area contributed by atoms with E-state index in [9.17, 15) is 21.6 Å². The number of amides is 1. The number of amidine groups is 1. The first-order valence-corrected chi connectivity index (χ1v) is 13.4. The van der Waals surface area contributed by atoms with Crippen LogP contribution < -0.4 is 10.0 Å². The first-order valence-electron chi connectivity index (χ1n) is 10.1. The molecule has 0 spiro atoms. The first kappa shape index (κ1) is 22.7. The fourth-order valence-corrected chi connectivity index (χ4v) is 5.84. The van der Waals surface area contributed by atoms with Crippen molar-refractivity contribution < 1.29 is 21.6 Å². The molecule has 1 amide bonds. The van der Waals surface area contributed by atoms with E-state index < -0.39 is 20.0 Å². The van der Waals surface area contributed by atoms with Crippen LogP contribution in [0.3, 0.4) is 0 Å². The van der Waals surface area contributed by atoms with Crippen molar-refractivity contribution in [1.82, 2.24) is 14.3 Å². The van der Waals surface area contributed by atoms with Crippen LogP contribution in [0.5, 0.6) is 0 Å². The third-order valence-electron chi connectivity index (χ3n) is 5.21. The highest BCUT2D eigenvalue weighted by molar-refractivity contribution is 7.90. The molecule has 1 unspecified atom stereocenters. The van der Waals surface area contributed by atoms with Crippen molar-refractivity contribution in [3.63, 3.8) is 0 Å². The average molecular weight is 457 g/mol. The maximum Gasteiger partial charge on any atom is 0.263 e. The summed E-state index contributed by atoms with van der Waals surface area (Å²) >= 11 is 0. The number of rotatable bonds is 8. The molecule has 0 bridgehead atoms. The summed E-state index contributed by atoms with van der Waals surface area (Å²) < 4.78 is 51.3. The molecule has 9 nitrogen and oxygen atoms in total. The smallest absolute Gasteiger partial charge is 0.263 e. The Kier molecular flexibility index (Phi) is 7.14. The number of sulfonamides is 2. The van der Waals surface area contributed by atoms with E-state index >= 15 is 0 Å². The summed E-state index contributed by atoms with van der Waals surface area (Å²) in [6.07, 6.45) is 5.32. The fraction of sp³-hybridized carbons (Fsp3) is 0.579. The number of benzene rings is 1. The zero-order valence-electron chi connectivity index (χ0n) is 17.0. The lowest BCUT2D eigenvalue weighted by molar-refractivity contribution is -0.122. The molecule has 2 aliphatic rings. The van der Waals surface area contributed by atoms with Gasteiger partial charge in [-0.15, -0.1) is 0 Å². The molecular weight excluding hydrogens is 428 g/mol. The lowest BCUT2D eigenvalue weighted by Gasteiger charge is -2.31. The molecule has 166 valence electrons. The number of fused-ring (bicyclic) bond motifs is 1. The van der Waals surface area contributed by atoms with Gasteiger partial charge in [-0.05, 0) is 37.8 Å². The van der Waals surface area contributed by atoms with Gasteiger partial charge in [-0.1, -0.05) is 18.6 Å². The van der Waals surface area contributed by atoms with Crippen LogP contribution in [0.4, 0.5) is 0 Å². The van der Waals surface area contributed by atoms with Gasteiger partial charge >= 0.3 is 0 Å². The van der Waals surface area contributed by atoms with Gasteiger partial charge in [0, 0.05) is 37.7 Å². The summed E-state index contributed by atoms with van der Waals surface area (Å²) in [4.78, 5) is 16.7. The SMILES string of the molecule is CS(=O)(=O)N1CCCC(NC(=O)CCCCCN=C2NS(=O)(=O)c3ccccc32)C1. The van der Waals surface area contributed by atoms with Crippen molar-refractivity contribution in [3.8, 4) is 0 Å². The molecule has 2 heterocycles. The first-order chi connectivity index (χ1) is 14.2. The van der Waals surface area contributed by atoms with Crippen LogP contribution in [0.1, 0.15) is 44.1 Å². The Morgan fingerprint density at radius 2 is 2.03 bits per heavy atom. The Morgan fingerprint density at radius 3 is 2.80 bits per heavy atom. The summed E-state index contributed by atoms with van der Waals surface area (Å²) in [6.45, 7) is 1.31. The van der Waals surface area contributed by atoms with E-state index in [-0.39, 0.29) is 16.8 Å². The monoisotopic (exact) mass is 456 g/mol. The van der Waals surface area contributed by atoms with Crippen LogP contribution >= 0.6 is 0 Å². The number of hydrogen-bond donors (Lipinski definition) is 2. The number of nitrogens with zero attached hydrogens (tertiary/aromatic N) is 2. The number of piperidine rings is 1. The summed E-state index contributed by atoms with van der Waals surface area (Å²) in [7, 11) is -6.74. The van der Waals surface area contributed by atoms with Crippen LogP contribution in [0.15, 0.2) is 34.2 Å². The van der Waals surface area contributed by atoms with E-state index in [4.69, 9.17) is 0 Å². The Hall–Kier alpha value is -1.98. The van der Waals surface area contributed by atoms with Crippen molar-refractivity contribution in [1.29, 1.82) is 0 Å². The quantitative estimate of drug-likeness (QED) is 0.561. The zero-order chi connectivity index (χ0) is 21.8. The molecule has 0 aromatic heterocycles. The molecule has 0 radical (unpaired) electrons. The van der Waals surface area contributed by atoms with Crippen LogP contribution in [-0.4, -0.2) is 64.8 Å². The fourth-order valence-electron chi connectivity index (χ4n) is 3.68. The van der Waals surface area contributed by atoms with Crippen molar-refractivity contribution in [2.24, 2.45) is 4.99 Å². The molecule has 1 aromatic carbocycles. The van der Waals surface area contributed by atoms with E-state index in [0.717, 1.165) is 25.7 Å². The van der Waals surface area contributed by atoms with E-state index in [1.54, 1.807) is 24.3 Å². The molecule has 2 aliphatic heterocycles. The van der Waals surface area contributed by atoms with Gasteiger partial charge in [-0.25, -0.2) is 21.1 Å². The third kappa shape index (κ3) is 5.79. The Labute approximate surface area is 178 Å². The number of aliphatic imine (C=N–C) groups is 1. The van der Waals surface area contributed by atoms with E-state index in [0.29, 0.717) is 43.9 Å². The highest BCUT2D eigenvalue weighted by Crippen LogP contribution is 2.22. The second-order valence-electron chi connectivity index (χ2n) is 7.67. The van der Waals surface area contributed by atoms with Crippen molar-refractivity contribution in [2.75, 3.05) is 25.9 Å². The molecule has 1 saturated heterocycles. The summed E-state index contributed by atoms with van der Waals surface area (Å²) in [5.74, 6) is 0.301. The number of carbonyl (C=O) groups is 1. The van der Waals surface area contributed by atoms with Crippen LogP contribution in [0.2, 0.25) is 0 Å². The minimum atomic E-state index is -3.52. The number of carbonyl (C=O) groups excluding carboxylic acids is 1. The summed E-state index contributed by atoms with van der Waals surface area (Å²) in [6, 6.07) is 6.60. The van der Waals surface area contributed by atoms with Gasteiger partial charge in [-0.2, -0.15) is 0 Å². The van der Waals surface area contributed by atoms with Gasteiger partial charge in [0.2, 0.25) is 15.9 Å². The van der Waals surface area contributed by atoms with Crippen molar-refractivity contribution >= 4 is 31.8 Å². The van der Waals surface area contributed by atoms with Crippen LogP contribution in [-0.2, 0) is 24.8 Å². The molecule has 2 N–H and O–H groups in total.